The number of imidazole rings is 1. The van der Waals surface area contributed by atoms with Crippen LogP contribution in [0.25, 0.3) is 10.6 Å². The van der Waals surface area contributed by atoms with Crippen LogP contribution in [-0.4, -0.2) is 16.5 Å². The minimum Gasteiger partial charge on any atom is -0.341 e. The smallest absolute Gasteiger partial charge is 0.106 e. The van der Waals surface area contributed by atoms with E-state index >= 15 is 0 Å². The summed E-state index contributed by atoms with van der Waals surface area (Å²) in [6.45, 7) is 5.21. The Labute approximate surface area is 112 Å². The Morgan fingerprint density at radius 1 is 1.44 bits per heavy atom. The molecule has 0 aliphatic rings. The average Bonchev–Trinajstić information content (AvgIpc) is 2.97. The van der Waals surface area contributed by atoms with E-state index in [1.807, 2.05) is 6.20 Å². The normalized spacial score (nSPS) is 13.1. The Morgan fingerprint density at radius 3 is 2.89 bits per heavy atom. The van der Waals surface area contributed by atoms with Crippen LogP contribution in [0.5, 0.6) is 0 Å². The standard InChI is InChI=1S/C14H21N3S/c1-10(2)6-11(8-15)7-14-16-9-12(17-14)13-4-3-5-18-13/h3-5,9-11H,6-8,15H2,1-2H3,(H,16,17). The van der Waals surface area contributed by atoms with Crippen molar-refractivity contribution in [1.82, 2.24) is 9.97 Å². The first-order chi connectivity index (χ1) is 8.69. The van der Waals surface area contributed by atoms with Gasteiger partial charge in [0.2, 0.25) is 0 Å². The van der Waals surface area contributed by atoms with E-state index in [0.717, 1.165) is 30.9 Å². The molecule has 2 aromatic rings. The molecule has 0 amide bonds. The van der Waals surface area contributed by atoms with E-state index in [9.17, 15) is 0 Å². The van der Waals surface area contributed by atoms with Gasteiger partial charge < -0.3 is 10.7 Å². The number of nitrogens with one attached hydrogen (secondary N) is 1. The summed E-state index contributed by atoms with van der Waals surface area (Å²) in [4.78, 5) is 9.10. The molecular formula is C14H21N3S. The van der Waals surface area contributed by atoms with Crippen LogP contribution in [-0.2, 0) is 6.42 Å². The summed E-state index contributed by atoms with van der Waals surface area (Å²) in [5.41, 5.74) is 6.94. The van der Waals surface area contributed by atoms with Gasteiger partial charge in [-0.15, -0.1) is 11.3 Å². The molecule has 0 aromatic carbocycles. The lowest BCUT2D eigenvalue weighted by atomic mass is 9.94. The van der Waals surface area contributed by atoms with Crippen molar-refractivity contribution in [1.29, 1.82) is 0 Å². The van der Waals surface area contributed by atoms with Gasteiger partial charge in [0.15, 0.2) is 0 Å². The van der Waals surface area contributed by atoms with Gasteiger partial charge >= 0.3 is 0 Å². The van der Waals surface area contributed by atoms with E-state index in [4.69, 9.17) is 5.73 Å². The van der Waals surface area contributed by atoms with Crippen molar-refractivity contribution in [3.63, 3.8) is 0 Å². The zero-order chi connectivity index (χ0) is 13.0. The third-order valence-electron chi connectivity index (χ3n) is 3.04. The molecule has 0 saturated carbocycles. The zero-order valence-electron chi connectivity index (χ0n) is 11.0. The fourth-order valence-electron chi connectivity index (χ4n) is 2.23. The van der Waals surface area contributed by atoms with Crippen molar-refractivity contribution in [2.45, 2.75) is 26.7 Å². The van der Waals surface area contributed by atoms with Gasteiger partial charge in [0.05, 0.1) is 16.8 Å². The van der Waals surface area contributed by atoms with Crippen LogP contribution in [0.4, 0.5) is 0 Å². The number of aromatic amines is 1. The predicted octanol–water partition coefficient (Wildman–Crippen LogP) is 3.30. The quantitative estimate of drug-likeness (QED) is 0.840. The van der Waals surface area contributed by atoms with Crippen molar-refractivity contribution in [3.8, 4) is 10.6 Å². The van der Waals surface area contributed by atoms with Crippen molar-refractivity contribution < 1.29 is 0 Å². The number of hydrogen-bond donors (Lipinski definition) is 2. The van der Waals surface area contributed by atoms with Crippen LogP contribution in [0.2, 0.25) is 0 Å². The number of nitrogens with two attached hydrogens (primary N) is 1. The van der Waals surface area contributed by atoms with Crippen LogP contribution in [0, 0.1) is 11.8 Å². The number of H-pyrrole nitrogens is 1. The number of hydrogen-bond acceptors (Lipinski definition) is 3. The van der Waals surface area contributed by atoms with Crippen molar-refractivity contribution in [2.24, 2.45) is 17.6 Å². The van der Waals surface area contributed by atoms with E-state index in [-0.39, 0.29) is 0 Å². The lowest BCUT2D eigenvalue weighted by Gasteiger charge is -2.15. The molecule has 0 bridgehead atoms. The number of nitrogens with zero attached hydrogens (tertiary/aromatic N) is 1. The van der Waals surface area contributed by atoms with Crippen molar-refractivity contribution >= 4 is 11.3 Å². The molecule has 1 atom stereocenters. The Hall–Kier alpha value is -1.13. The van der Waals surface area contributed by atoms with Gasteiger partial charge in [0.25, 0.3) is 0 Å². The van der Waals surface area contributed by atoms with Crippen LogP contribution in [0.15, 0.2) is 23.7 Å². The summed E-state index contributed by atoms with van der Waals surface area (Å²) < 4.78 is 0. The molecular weight excluding hydrogens is 242 g/mol. The molecule has 0 radical (unpaired) electrons. The molecule has 3 nitrogen and oxygen atoms in total. The molecule has 0 fully saturated rings. The third-order valence-corrected chi connectivity index (χ3v) is 3.94. The maximum Gasteiger partial charge on any atom is 0.106 e. The Kier molecular flexibility index (Phi) is 4.55. The zero-order valence-corrected chi connectivity index (χ0v) is 11.8. The van der Waals surface area contributed by atoms with Crippen molar-refractivity contribution in [2.75, 3.05) is 6.54 Å². The van der Waals surface area contributed by atoms with Crippen LogP contribution in [0.1, 0.15) is 26.1 Å². The average molecular weight is 263 g/mol. The molecule has 0 aliphatic carbocycles. The van der Waals surface area contributed by atoms with E-state index in [2.05, 4.69) is 41.3 Å². The van der Waals surface area contributed by atoms with Gasteiger partial charge in [0, 0.05) is 6.42 Å². The van der Waals surface area contributed by atoms with Gasteiger partial charge in [0.1, 0.15) is 5.82 Å². The first-order valence-corrected chi connectivity index (χ1v) is 7.34. The third kappa shape index (κ3) is 3.43. The highest BCUT2D eigenvalue weighted by atomic mass is 32.1. The molecule has 0 saturated heterocycles. The minimum absolute atomic E-state index is 0.521. The second-order valence-corrected chi connectivity index (χ2v) is 6.10. The Bertz CT molecular complexity index is 459. The summed E-state index contributed by atoms with van der Waals surface area (Å²) in [6, 6.07) is 4.17. The van der Waals surface area contributed by atoms with Gasteiger partial charge in [-0.25, -0.2) is 4.98 Å². The van der Waals surface area contributed by atoms with Gasteiger partial charge in [-0.05, 0) is 36.2 Å². The Balaban J connectivity index is 2.01. The van der Waals surface area contributed by atoms with Crippen LogP contribution < -0.4 is 5.73 Å². The lowest BCUT2D eigenvalue weighted by molar-refractivity contribution is 0.409. The first kappa shape index (κ1) is 13.3. The summed E-state index contributed by atoms with van der Waals surface area (Å²) in [5, 5.41) is 2.08. The maximum atomic E-state index is 5.83. The van der Waals surface area contributed by atoms with E-state index in [1.165, 1.54) is 4.88 Å². The first-order valence-electron chi connectivity index (χ1n) is 6.47. The van der Waals surface area contributed by atoms with E-state index < -0.39 is 0 Å². The monoisotopic (exact) mass is 263 g/mol. The lowest BCUT2D eigenvalue weighted by Crippen LogP contribution is -2.19. The molecule has 1 unspecified atom stereocenters. The molecule has 2 rings (SSSR count). The van der Waals surface area contributed by atoms with E-state index in [1.54, 1.807) is 11.3 Å². The highest BCUT2D eigenvalue weighted by Gasteiger charge is 2.12. The number of rotatable bonds is 6. The molecule has 2 heterocycles. The summed E-state index contributed by atoms with van der Waals surface area (Å²) >= 11 is 1.73. The molecule has 98 valence electrons. The second kappa shape index (κ2) is 6.16. The van der Waals surface area contributed by atoms with E-state index in [0.29, 0.717) is 11.8 Å². The Morgan fingerprint density at radius 2 is 2.28 bits per heavy atom. The van der Waals surface area contributed by atoms with Gasteiger partial charge in [-0.1, -0.05) is 19.9 Å². The summed E-state index contributed by atoms with van der Waals surface area (Å²) in [5.74, 6) is 2.26. The maximum absolute atomic E-state index is 5.83. The van der Waals surface area contributed by atoms with Crippen LogP contribution in [0.3, 0.4) is 0 Å². The van der Waals surface area contributed by atoms with Crippen LogP contribution >= 0.6 is 11.3 Å². The summed E-state index contributed by atoms with van der Waals surface area (Å²) in [7, 11) is 0. The van der Waals surface area contributed by atoms with Crippen molar-refractivity contribution in [3.05, 3.63) is 29.5 Å². The number of aromatic nitrogens is 2. The molecule has 3 N–H and O–H groups in total. The molecule has 4 heteroatoms. The molecule has 0 aliphatic heterocycles. The van der Waals surface area contributed by atoms with Gasteiger partial charge in [-0.3, -0.25) is 0 Å². The topological polar surface area (TPSA) is 54.7 Å². The fourth-order valence-corrected chi connectivity index (χ4v) is 2.92. The summed E-state index contributed by atoms with van der Waals surface area (Å²) in [6.07, 6.45) is 4.02. The second-order valence-electron chi connectivity index (χ2n) is 5.16. The minimum atomic E-state index is 0.521. The molecule has 2 aromatic heterocycles. The highest BCUT2D eigenvalue weighted by molar-refractivity contribution is 7.13. The fraction of sp³-hybridized carbons (Fsp3) is 0.500. The van der Waals surface area contributed by atoms with Gasteiger partial charge in [-0.2, -0.15) is 0 Å². The largest absolute Gasteiger partial charge is 0.341 e. The molecule has 0 spiro atoms. The SMILES string of the molecule is CC(C)CC(CN)Cc1ncc(-c2cccs2)[nH]1. The predicted molar refractivity (Wildman–Crippen MR) is 77.6 cm³/mol. The number of thiophene rings is 1. The molecule has 18 heavy (non-hydrogen) atoms. The highest BCUT2D eigenvalue weighted by Crippen LogP contribution is 2.23.